The van der Waals surface area contributed by atoms with Crippen molar-refractivity contribution in [1.82, 2.24) is 0 Å². The van der Waals surface area contributed by atoms with Crippen molar-refractivity contribution in [3.63, 3.8) is 0 Å². The fourth-order valence-corrected chi connectivity index (χ4v) is 2.32. The lowest BCUT2D eigenvalue weighted by Crippen LogP contribution is -1.78. The first-order valence-corrected chi connectivity index (χ1v) is 4.90. The average molecular weight is 198 g/mol. The van der Waals surface area contributed by atoms with Crippen LogP contribution in [0, 0.1) is 11.6 Å². The number of hydrogen-bond donors (Lipinski definition) is 0. The number of benzene rings is 1. The molecule has 0 amide bonds. The molecule has 1 aromatic carbocycles. The van der Waals surface area contributed by atoms with Crippen molar-refractivity contribution in [1.29, 1.82) is 0 Å². The third kappa shape index (κ3) is 1.33. The predicted octanol–water partition coefficient (Wildman–Crippen LogP) is 3.74. The van der Waals surface area contributed by atoms with Crippen LogP contribution in [0.2, 0.25) is 0 Å². The van der Waals surface area contributed by atoms with Crippen LogP contribution in [0.15, 0.2) is 18.2 Å². The van der Waals surface area contributed by atoms with Crippen molar-refractivity contribution in [2.24, 2.45) is 0 Å². The Morgan fingerprint density at radius 2 is 2.08 bits per heavy atom. The monoisotopic (exact) mass is 198 g/mol. The Morgan fingerprint density at radius 1 is 1.31 bits per heavy atom. The molecule has 0 radical (unpaired) electrons. The minimum Gasteiger partial charge on any atom is -0.207 e. The minimum atomic E-state index is -0.383. The van der Waals surface area contributed by atoms with Gasteiger partial charge in [-0.15, -0.1) is 11.3 Å². The van der Waals surface area contributed by atoms with Crippen molar-refractivity contribution in [3.8, 4) is 0 Å². The van der Waals surface area contributed by atoms with E-state index in [1.165, 1.54) is 23.5 Å². The van der Waals surface area contributed by atoms with E-state index in [0.717, 1.165) is 4.70 Å². The topological polar surface area (TPSA) is 0 Å². The molecule has 0 N–H and O–H groups in total. The van der Waals surface area contributed by atoms with Crippen LogP contribution in [0.3, 0.4) is 0 Å². The van der Waals surface area contributed by atoms with Gasteiger partial charge in [0, 0.05) is 15.0 Å². The Balaban J connectivity index is 2.77. The molecular weight excluding hydrogens is 190 g/mol. The van der Waals surface area contributed by atoms with Gasteiger partial charge in [0.15, 0.2) is 0 Å². The van der Waals surface area contributed by atoms with E-state index in [-0.39, 0.29) is 11.6 Å². The fraction of sp³-hybridized carbons (Fsp3) is 0.200. The minimum absolute atomic E-state index is 0.262. The lowest BCUT2D eigenvalue weighted by Gasteiger charge is -1.89. The molecule has 0 aliphatic heterocycles. The molecule has 0 nitrogen and oxygen atoms in total. The molecule has 1 aromatic heterocycles. The smallest absolute Gasteiger partial charge is 0.145 e. The number of thiophene rings is 1. The summed E-state index contributed by atoms with van der Waals surface area (Å²) >= 11 is 1.39. The molecule has 3 heteroatoms. The summed E-state index contributed by atoms with van der Waals surface area (Å²) in [6.45, 7) is 1.89. The maximum atomic E-state index is 13.5. The standard InChI is InChI=1S/C10H8F2S/c1-2-8-10(12)7-5-6(11)3-4-9(7)13-8/h3-5H,2H2,1H3. The van der Waals surface area contributed by atoms with Gasteiger partial charge in [0.2, 0.25) is 0 Å². The second-order valence-corrected chi connectivity index (χ2v) is 3.97. The molecular formula is C10H8F2S. The van der Waals surface area contributed by atoms with Gasteiger partial charge in [0.25, 0.3) is 0 Å². The van der Waals surface area contributed by atoms with Gasteiger partial charge < -0.3 is 0 Å². The Bertz CT molecular complexity index is 445. The molecule has 2 aromatic rings. The zero-order chi connectivity index (χ0) is 9.42. The molecule has 0 atom stereocenters. The Kier molecular flexibility index (Phi) is 2.04. The van der Waals surface area contributed by atoms with Crippen LogP contribution in [-0.4, -0.2) is 0 Å². The van der Waals surface area contributed by atoms with Gasteiger partial charge in [-0.25, -0.2) is 8.78 Å². The van der Waals surface area contributed by atoms with Crippen LogP contribution in [0.5, 0.6) is 0 Å². The molecule has 2 rings (SSSR count). The summed E-state index contributed by atoms with van der Waals surface area (Å²) in [4.78, 5) is 0.695. The molecule has 1 heterocycles. The van der Waals surface area contributed by atoms with Crippen LogP contribution >= 0.6 is 11.3 Å². The molecule has 0 spiro atoms. The second-order valence-electron chi connectivity index (χ2n) is 2.83. The Hall–Kier alpha value is -0.960. The van der Waals surface area contributed by atoms with Gasteiger partial charge in [0.05, 0.1) is 0 Å². The first-order valence-electron chi connectivity index (χ1n) is 4.08. The molecule has 0 fully saturated rings. The maximum absolute atomic E-state index is 13.5. The van der Waals surface area contributed by atoms with E-state index in [4.69, 9.17) is 0 Å². The fourth-order valence-electron chi connectivity index (χ4n) is 1.32. The van der Waals surface area contributed by atoms with Crippen molar-refractivity contribution in [2.45, 2.75) is 13.3 Å². The summed E-state index contributed by atoms with van der Waals surface area (Å²) in [5, 5.41) is 0.404. The summed E-state index contributed by atoms with van der Waals surface area (Å²) in [5.41, 5.74) is 0. The Labute approximate surface area is 78.8 Å². The third-order valence-electron chi connectivity index (χ3n) is 1.98. The first-order chi connectivity index (χ1) is 6.22. The zero-order valence-corrected chi connectivity index (χ0v) is 7.92. The maximum Gasteiger partial charge on any atom is 0.145 e. The summed E-state index contributed by atoms with van der Waals surface area (Å²) in [6, 6.07) is 4.23. The van der Waals surface area contributed by atoms with Crippen LogP contribution in [-0.2, 0) is 6.42 Å². The van der Waals surface area contributed by atoms with Gasteiger partial charge in [0.1, 0.15) is 11.6 Å². The van der Waals surface area contributed by atoms with Crippen molar-refractivity contribution < 1.29 is 8.78 Å². The number of halogens is 2. The van der Waals surface area contributed by atoms with Gasteiger partial charge in [-0.05, 0) is 24.6 Å². The molecule has 0 saturated carbocycles. The lowest BCUT2D eigenvalue weighted by atomic mass is 10.2. The van der Waals surface area contributed by atoms with Gasteiger partial charge >= 0.3 is 0 Å². The average Bonchev–Trinajstić information content (AvgIpc) is 2.44. The second kappa shape index (κ2) is 3.07. The highest BCUT2D eigenvalue weighted by atomic mass is 32.1. The highest BCUT2D eigenvalue weighted by Gasteiger charge is 2.10. The van der Waals surface area contributed by atoms with E-state index in [1.54, 1.807) is 6.07 Å². The number of aryl methyl sites for hydroxylation is 1. The SMILES string of the molecule is CCc1sc2ccc(F)cc2c1F. The Morgan fingerprint density at radius 3 is 2.77 bits per heavy atom. The van der Waals surface area contributed by atoms with E-state index in [9.17, 15) is 8.78 Å². The number of rotatable bonds is 1. The van der Waals surface area contributed by atoms with Crippen LogP contribution in [0.4, 0.5) is 8.78 Å². The highest BCUT2D eigenvalue weighted by molar-refractivity contribution is 7.19. The van der Waals surface area contributed by atoms with Crippen molar-refractivity contribution in [3.05, 3.63) is 34.7 Å². The van der Waals surface area contributed by atoms with Crippen LogP contribution in [0.25, 0.3) is 10.1 Å². The molecule has 13 heavy (non-hydrogen) atoms. The lowest BCUT2D eigenvalue weighted by molar-refractivity contribution is 0.619. The summed E-state index contributed by atoms with van der Waals surface area (Å²) in [7, 11) is 0. The van der Waals surface area contributed by atoms with Crippen molar-refractivity contribution in [2.75, 3.05) is 0 Å². The van der Waals surface area contributed by atoms with E-state index in [2.05, 4.69) is 0 Å². The molecule has 68 valence electrons. The molecule has 0 aliphatic rings. The predicted molar refractivity (Wildman–Crippen MR) is 51.1 cm³/mol. The zero-order valence-electron chi connectivity index (χ0n) is 7.10. The van der Waals surface area contributed by atoms with Crippen molar-refractivity contribution >= 4 is 21.4 Å². The first kappa shape index (κ1) is 8.63. The summed E-state index contributed by atoms with van der Waals surface area (Å²) in [6.07, 6.45) is 0.660. The van der Waals surface area contributed by atoms with E-state index in [1.807, 2.05) is 6.92 Å². The van der Waals surface area contributed by atoms with Gasteiger partial charge in [-0.1, -0.05) is 6.92 Å². The number of hydrogen-bond acceptors (Lipinski definition) is 1. The van der Waals surface area contributed by atoms with Gasteiger partial charge in [-0.3, -0.25) is 0 Å². The molecule has 0 unspecified atom stereocenters. The summed E-state index contributed by atoms with van der Waals surface area (Å²) < 4.78 is 27.0. The highest BCUT2D eigenvalue weighted by Crippen LogP contribution is 2.30. The van der Waals surface area contributed by atoms with Crippen LogP contribution < -0.4 is 0 Å². The summed E-state index contributed by atoms with van der Waals surface area (Å²) in [5.74, 6) is -0.645. The molecule has 0 aliphatic carbocycles. The van der Waals surface area contributed by atoms with Gasteiger partial charge in [-0.2, -0.15) is 0 Å². The van der Waals surface area contributed by atoms with E-state index < -0.39 is 0 Å². The third-order valence-corrected chi connectivity index (χ3v) is 3.27. The molecule has 0 saturated heterocycles. The normalized spacial score (nSPS) is 11.0. The molecule has 0 bridgehead atoms. The van der Waals surface area contributed by atoms with Crippen LogP contribution in [0.1, 0.15) is 11.8 Å². The number of fused-ring (bicyclic) bond motifs is 1. The van der Waals surface area contributed by atoms with E-state index in [0.29, 0.717) is 16.7 Å². The largest absolute Gasteiger partial charge is 0.207 e. The van der Waals surface area contributed by atoms with E-state index >= 15 is 0 Å². The quantitative estimate of drug-likeness (QED) is 0.654.